The van der Waals surface area contributed by atoms with Crippen LogP contribution in [-0.4, -0.2) is 60.7 Å². The SMILES string of the molecule is COc1cc2nc(Nc3c(C)cc(OCCN(C)C)cc3C)c3cncn3c2cc1OC. The molecule has 2 aromatic heterocycles. The zero-order valence-corrected chi connectivity index (χ0v) is 19.4. The van der Waals surface area contributed by atoms with E-state index in [1.54, 1.807) is 26.7 Å². The number of imidazole rings is 1. The summed E-state index contributed by atoms with van der Waals surface area (Å²) in [6.45, 7) is 5.65. The lowest BCUT2D eigenvalue weighted by atomic mass is 10.1. The molecule has 4 rings (SSSR count). The third-order valence-corrected chi connectivity index (χ3v) is 5.41. The van der Waals surface area contributed by atoms with Crippen molar-refractivity contribution in [2.45, 2.75) is 13.8 Å². The maximum Gasteiger partial charge on any atom is 0.163 e. The molecule has 32 heavy (non-hydrogen) atoms. The molecule has 168 valence electrons. The van der Waals surface area contributed by atoms with Crippen molar-refractivity contribution in [3.05, 3.63) is 47.9 Å². The number of anilines is 2. The van der Waals surface area contributed by atoms with E-state index in [1.165, 1.54) is 0 Å². The van der Waals surface area contributed by atoms with Crippen LogP contribution in [0.5, 0.6) is 17.2 Å². The molecule has 0 amide bonds. The monoisotopic (exact) mass is 435 g/mol. The van der Waals surface area contributed by atoms with E-state index in [2.05, 4.69) is 29.0 Å². The van der Waals surface area contributed by atoms with Gasteiger partial charge in [0.05, 0.1) is 37.8 Å². The van der Waals surface area contributed by atoms with Gasteiger partial charge < -0.3 is 24.4 Å². The molecule has 8 heteroatoms. The van der Waals surface area contributed by atoms with Crippen molar-refractivity contribution in [1.82, 2.24) is 19.3 Å². The molecular formula is C24H29N5O3. The average molecular weight is 436 g/mol. The summed E-state index contributed by atoms with van der Waals surface area (Å²) < 4.78 is 18.8. The standard InChI is InChI=1S/C24H29N5O3/c1-15-9-17(32-8-7-28(3)4)10-16(2)23(15)27-24-20-13-25-14-29(20)19-12-22(31-6)21(30-5)11-18(19)26-24/h9-14H,7-8H2,1-6H3,(H,26,27). The third-order valence-electron chi connectivity index (χ3n) is 5.41. The van der Waals surface area contributed by atoms with Gasteiger partial charge in [-0.3, -0.25) is 4.40 Å². The topological polar surface area (TPSA) is 73.2 Å². The Kier molecular flexibility index (Phi) is 6.05. The number of methoxy groups -OCH3 is 2. The number of benzene rings is 2. The van der Waals surface area contributed by atoms with E-state index in [4.69, 9.17) is 19.2 Å². The molecular weight excluding hydrogens is 406 g/mol. The van der Waals surface area contributed by atoms with E-state index in [0.29, 0.717) is 18.1 Å². The second-order valence-corrected chi connectivity index (χ2v) is 8.01. The number of fused-ring (bicyclic) bond motifs is 3. The Morgan fingerprint density at radius 2 is 1.66 bits per heavy atom. The molecule has 0 aliphatic rings. The number of hydrogen-bond acceptors (Lipinski definition) is 7. The zero-order chi connectivity index (χ0) is 22.8. The summed E-state index contributed by atoms with van der Waals surface area (Å²) in [6, 6.07) is 7.89. The molecule has 0 fully saturated rings. The number of rotatable bonds is 8. The van der Waals surface area contributed by atoms with Crippen molar-refractivity contribution >= 4 is 28.1 Å². The van der Waals surface area contributed by atoms with Crippen molar-refractivity contribution in [2.75, 3.05) is 46.8 Å². The average Bonchev–Trinajstić information content (AvgIpc) is 3.25. The first kappa shape index (κ1) is 21.7. The third kappa shape index (κ3) is 4.13. The van der Waals surface area contributed by atoms with E-state index >= 15 is 0 Å². The lowest BCUT2D eigenvalue weighted by Crippen LogP contribution is -2.19. The number of likely N-dealkylation sites (N-methyl/N-ethyl adjacent to an activating group) is 1. The van der Waals surface area contributed by atoms with Crippen LogP contribution in [0.1, 0.15) is 11.1 Å². The highest BCUT2D eigenvalue weighted by molar-refractivity contribution is 5.88. The fourth-order valence-electron chi connectivity index (χ4n) is 3.74. The highest BCUT2D eigenvalue weighted by Crippen LogP contribution is 2.35. The summed E-state index contributed by atoms with van der Waals surface area (Å²) in [4.78, 5) is 11.3. The van der Waals surface area contributed by atoms with Crippen molar-refractivity contribution in [3.8, 4) is 17.2 Å². The molecule has 0 radical (unpaired) electrons. The van der Waals surface area contributed by atoms with Gasteiger partial charge in [0.2, 0.25) is 0 Å². The van der Waals surface area contributed by atoms with Crippen LogP contribution in [-0.2, 0) is 0 Å². The Balaban J connectivity index is 1.73. The van der Waals surface area contributed by atoms with Crippen molar-refractivity contribution < 1.29 is 14.2 Å². The largest absolute Gasteiger partial charge is 0.493 e. The smallest absolute Gasteiger partial charge is 0.163 e. The lowest BCUT2D eigenvalue weighted by molar-refractivity contribution is 0.261. The minimum atomic E-state index is 0.629. The number of aryl methyl sites for hydroxylation is 2. The molecule has 1 N–H and O–H groups in total. The Morgan fingerprint density at radius 1 is 0.969 bits per heavy atom. The molecule has 2 heterocycles. The minimum absolute atomic E-state index is 0.629. The molecule has 0 spiro atoms. The zero-order valence-electron chi connectivity index (χ0n) is 19.4. The first-order valence-corrected chi connectivity index (χ1v) is 10.4. The maximum absolute atomic E-state index is 5.92. The van der Waals surface area contributed by atoms with Gasteiger partial charge in [-0.05, 0) is 51.2 Å². The summed E-state index contributed by atoms with van der Waals surface area (Å²) in [6.07, 6.45) is 3.58. The Bertz CT molecular complexity index is 1240. The molecule has 0 atom stereocenters. The number of nitrogens with one attached hydrogen (secondary N) is 1. The second kappa shape index (κ2) is 8.92. The number of ether oxygens (including phenoxy) is 3. The highest BCUT2D eigenvalue weighted by Gasteiger charge is 2.15. The highest BCUT2D eigenvalue weighted by atomic mass is 16.5. The molecule has 0 saturated carbocycles. The summed E-state index contributed by atoms with van der Waals surface area (Å²) >= 11 is 0. The van der Waals surface area contributed by atoms with Gasteiger partial charge in [-0.15, -0.1) is 0 Å². The number of hydrogen-bond donors (Lipinski definition) is 1. The van der Waals surface area contributed by atoms with E-state index in [-0.39, 0.29) is 0 Å². The van der Waals surface area contributed by atoms with Crippen molar-refractivity contribution in [1.29, 1.82) is 0 Å². The molecule has 0 aliphatic heterocycles. The molecule has 8 nitrogen and oxygen atoms in total. The first-order chi connectivity index (χ1) is 15.4. The predicted octanol–water partition coefficient (Wildman–Crippen LogP) is 4.20. The summed E-state index contributed by atoms with van der Waals surface area (Å²) in [5, 5.41) is 3.52. The second-order valence-electron chi connectivity index (χ2n) is 8.01. The molecule has 0 bridgehead atoms. The molecule has 4 aromatic rings. The molecule has 0 aliphatic carbocycles. The van der Waals surface area contributed by atoms with Gasteiger partial charge in [0.15, 0.2) is 17.3 Å². The van der Waals surface area contributed by atoms with Crippen LogP contribution < -0.4 is 19.5 Å². The fraction of sp³-hybridized carbons (Fsp3) is 0.333. The Hall–Kier alpha value is -3.52. The van der Waals surface area contributed by atoms with E-state index in [1.807, 2.05) is 42.8 Å². The van der Waals surface area contributed by atoms with Crippen LogP contribution in [0.15, 0.2) is 36.8 Å². The Morgan fingerprint density at radius 3 is 2.31 bits per heavy atom. The van der Waals surface area contributed by atoms with Gasteiger partial charge in [0.25, 0.3) is 0 Å². The van der Waals surface area contributed by atoms with Crippen LogP contribution in [0, 0.1) is 13.8 Å². The molecule has 0 saturated heterocycles. The van der Waals surface area contributed by atoms with Crippen LogP contribution in [0.3, 0.4) is 0 Å². The predicted molar refractivity (Wildman–Crippen MR) is 127 cm³/mol. The van der Waals surface area contributed by atoms with Crippen molar-refractivity contribution in [2.24, 2.45) is 0 Å². The first-order valence-electron chi connectivity index (χ1n) is 10.4. The van der Waals surface area contributed by atoms with Gasteiger partial charge in [0.1, 0.15) is 17.9 Å². The van der Waals surface area contributed by atoms with E-state index < -0.39 is 0 Å². The van der Waals surface area contributed by atoms with Gasteiger partial charge in [-0.2, -0.15) is 0 Å². The maximum atomic E-state index is 5.92. The molecule has 0 unspecified atom stereocenters. The van der Waals surface area contributed by atoms with E-state index in [0.717, 1.165) is 51.5 Å². The van der Waals surface area contributed by atoms with E-state index in [9.17, 15) is 0 Å². The summed E-state index contributed by atoms with van der Waals surface area (Å²) in [7, 11) is 7.31. The summed E-state index contributed by atoms with van der Waals surface area (Å²) in [5.74, 6) is 2.86. The van der Waals surface area contributed by atoms with Crippen LogP contribution in [0.25, 0.3) is 16.6 Å². The van der Waals surface area contributed by atoms with Gasteiger partial charge in [0, 0.05) is 24.4 Å². The lowest BCUT2D eigenvalue weighted by Gasteiger charge is -2.17. The van der Waals surface area contributed by atoms with Gasteiger partial charge in [-0.25, -0.2) is 9.97 Å². The van der Waals surface area contributed by atoms with Crippen LogP contribution in [0.2, 0.25) is 0 Å². The van der Waals surface area contributed by atoms with Gasteiger partial charge in [-0.1, -0.05) is 0 Å². The quantitative estimate of drug-likeness (QED) is 0.445. The van der Waals surface area contributed by atoms with Gasteiger partial charge >= 0.3 is 0 Å². The normalized spacial score (nSPS) is 11.3. The molecule has 2 aromatic carbocycles. The van der Waals surface area contributed by atoms with Crippen molar-refractivity contribution in [3.63, 3.8) is 0 Å². The van der Waals surface area contributed by atoms with Crippen LogP contribution >= 0.6 is 0 Å². The number of aromatic nitrogens is 3. The van der Waals surface area contributed by atoms with Crippen LogP contribution in [0.4, 0.5) is 11.5 Å². The summed E-state index contributed by atoms with van der Waals surface area (Å²) in [5.41, 5.74) is 5.69. The fourth-order valence-corrected chi connectivity index (χ4v) is 3.74. The minimum Gasteiger partial charge on any atom is -0.493 e. The Labute approximate surface area is 187 Å². The number of nitrogens with zero attached hydrogens (tertiary/aromatic N) is 4.